The van der Waals surface area contributed by atoms with Gasteiger partial charge in [-0.1, -0.05) is 160 Å². The molecule has 0 unspecified atom stereocenters. The maximum absolute atomic E-state index is 12.3. The van der Waals surface area contributed by atoms with Crippen LogP contribution in [0.2, 0.25) is 0 Å². The second-order valence-electron chi connectivity index (χ2n) is 15.4. The zero-order chi connectivity index (χ0) is 43.6. The molecule has 0 bridgehead atoms. The molecule has 0 fully saturated rings. The maximum atomic E-state index is 12.3. The van der Waals surface area contributed by atoms with Gasteiger partial charge in [0.2, 0.25) is 0 Å². The van der Waals surface area contributed by atoms with Gasteiger partial charge in [0, 0.05) is 11.6 Å². The molecule has 4 rings (SSSR count). The van der Waals surface area contributed by atoms with E-state index in [-0.39, 0.29) is 64.8 Å². The van der Waals surface area contributed by atoms with Gasteiger partial charge in [-0.3, -0.25) is 4.55 Å². The summed E-state index contributed by atoms with van der Waals surface area (Å²) in [6.45, 7) is 4.46. The molecule has 4 aromatic rings. The summed E-state index contributed by atoms with van der Waals surface area (Å²) in [6.07, 6.45) is 25.9. The predicted octanol–water partition coefficient (Wildman–Crippen LogP) is 12.4. The first kappa shape index (κ1) is 54.3. The second-order valence-corrected chi connectivity index (χ2v) is 18.2. The molecule has 0 aliphatic heterocycles. The predicted molar refractivity (Wildman–Crippen MR) is 242 cm³/mol. The average Bonchev–Trinajstić information content (AvgIpc) is 3.21. The van der Waals surface area contributed by atoms with Crippen molar-refractivity contribution in [3.63, 3.8) is 0 Å². The zero-order valence-electron chi connectivity index (χ0n) is 36.3. The molecule has 13 heteroatoms. The van der Waals surface area contributed by atoms with Gasteiger partial charge in [0.15, 0.2) is 0 Å². The fourth-order valence-electron chi connectivity index (χ4n) is 7.01. The van der Waals surface area contributed by atoms with Crippen LogP contribution < -0.4 is 14.6 Å². The molecular weight excluding hydrogens is 841 g/mol. The molecule has 0 aliphatic rings. The minimum atomic E-state index is -4.56. The number of hydrogen-bond acceptors (Lipinski definition) is 9. The van der Waals surface area contributed by atoms with Gasteiger partial charge in [0.05, 0.1) is 9.79 Å². The SMILES string of the molecule is CCCCCCCCCCCCc1c(O)cccc1Oc1cccc(S(=O)(=O)O)c1.CCCCCCCCCCCCc1c([O-])cccc1Oc1cccc(S(=O)(=O)[O-])c1.[Ca+2]. The van der Waals surface area contributed by atoms with Crippen molar-refractivity contribution in [1.82, 2.24) is 0 Å². The van der Waals surface area contributed by atoms with E-state index in [1.165, 1.54) is 139 Å². The van der Waals surface area contributed by atoms with Crippen LogP contribution in [-0.4, -0.2) is 68.8 Å². The summed E-state index contributed by atoms with van der Waals surface area (Å²) in [6, 6.07) is 21.0. The number of phenolic OH excluding ortho intramolecular Hbond substituents is 1. The number of ether oxygens (including phenoxy) is 2. The van der Waals surface area contributed by atoms with E-state index < -0.39 is 20.2 Å². The van der Waals surface area contributed by atoms with E-state index in [1.807, 2.05) is 0 Å². The van der Waals surface area contributed by atoms with Crippen LogP contribution in [0.1, 0.15) is 153 Å². The van der Waals surface area contributed by atoms with Crippen molar-refractivity contribution in [1.29, 1.82) is 0 Å². The van der Waals surface area contributed by atoms with Gasteiger partial charge >= 0.3 is 37.7 Å². The van der Waals surface area contributed by atoms with Crippen LogP contribution in [0, 0.1) is 0 Å². The Morgan fingerprint density at radius 2 is 0.885 bits per heavy atom. The molecule has 0 amide bonds. The molecule has 0 heterocycles. The maximum Gasteiger partial charge on any atom is 2.00 e. The zero-order valence-corrected chi connectivity index (χ0v) is 40.2. The van der Waals surface area contributed by atoms with Crippen LogP contribution in [0.4, 0.5) is 0 Å². The van der Waals surface area contributed by atoms with Gasteiger partial charge in [-0.2, -0.15) is 8.42 Å². The molecule has 0 aliphatic carbocycles. The van der Waals surface area contributed by atoms with Gasteiger partial charge in [0.1, 0.15) is 38.9 Å². The molecule has 0 aromatic heterocycles. The summed E-state index contributed by atoms with van der Waals surface area (Å²) in [5.74, 6) is 1.52. The van der Waals surface area contributed by atoms with Crippen LogP contribution >= 0.6 is 0 Å². The van der Waals surface area contributed by atoms with Crippen molar-refractivity contribution < 1.29 is 45.6 Å². The van der Waals surface area contributed by atoms with Gasteiger partial charge in [-0.15, -0.1) is 5.75 Å². The number of aromatic hydroxyl groups is 1. The van der Waals surface area contributed by atoms with Crippen LogP contribution in [0.25, 0.3) is 0 Å². The minimum absolute atomic E-state index is 0. The van der Waals surface area contributed by atoms with E-state index in [4.69, 9.17) is 9.47 Å². The van der Waals surface area contributed by atoms with Crippen molar-refractivity contribution >= 4 is 58.0 Å². The number of hydrogen-bond donors (Lipinski definition) is 2. The summed E-state index contributed by atoms with van der Waals surface area (Å²) in [7, 11) is -8.86. The molecule has 10 nitrogen and oxygen atoms in total. The molecule has 2 N–H and O–H groups in total. The van der Waals surface area contributed by atoms with Gasteiger partial charge in [-0.05, 0) is 79.8 Å². The summed E-state index contributed by atoms with van der Waals surface area (Å²) in [5, 5.41) is 22.6. The summed E-state index contributed by atoms with van der Waals surface area (Å²) in [5.41, 5.74) is 1.31. The molecule has 4 aromatic carbocycles. The van der Waals surface area contributed by atoms with Crippen molar-refractivity contribution in [3.8, 4) is 34.5 Å². The van der Waals surface area contributed by atoms with Crippen molar-refractivity contribution in [2.24, 2.45) is 0 Å². The Labute approximate surface area is 396 Å². The number of unbranched alkanes of at least 4 members (excludes halogenated alkanes) is 18. The smallest absolute Gasteiger partial charge is 0.872 e. The van der Waals surface area contributed by atoms with Crippen LogP contribution in [0.5, 0.6) is 34.5 Å². The average molecular weight is 907 g/mol. The molecule has 0 radical (unpaired) electrons. The second kappa shape index (κ2) is 30.3. The summed E-state index contributed by atoms with van der Waals surface area (Å²) < 4.78 is 77.1. The monoisotopic (exact) mass is 906 g/mol. The van der Waals surface area contributed by atoms with Crippen molar-refractivity contribution in [3.05, 3.63) is 96.1 Å². The number of phenols is 1. The van der Waals surface area contributed by atoms with Gasteiger partial charge < -0.3 is 24.2 Å². The Balaban J connectivity index is 0.000000413. The fourth-order valence-corrected chi connectivity index (χ4v) is 8.03. The van der Waals surface area contributed by atoms with E-state index in [1.54, 1.807) is 42.5 Å². The van der Waals surface area contributed by atoms with Gasteiger partial charge in [-0.25, -0.2) is 8.42 Å². The Kier molecular flexibility index (Phi) is 27.0. The molecular formula is C48H66CaO10S2. The summed E-state index contributed by atoms with van der Waals surface area (Å²) >= 11 is 0. The first-order chi connectivity index (χ1) is 28.8. The topological polar surface area (TPSA) is 173 Å². The standard InChI is InChI=1S/2C24H34O5S.Ca/c2*1-2-3-4-5-6-7-8-9-10-11-16-22-23(25)17-13-18-24(22)29-20-14-12-15-21(19-20)30(26,27)28;/h2*12-15,17-19,25H,2-11,16H2,1H3,(H,26,27,28);/q;;+2/p-2. The first-order valence-corrected chi connectivity index (χ1v) is 24.8. The van der Waals surface area contributed by atoms with Gasteiger partial charge in [0.25, 0.3) is 10.1 Å². The Bertz CT molecular complexity index is 1910. The van der Waals surface area contributed by atoms with Crippen LogP contribution in [-0.2, 0) is 33.1 Å². The molecule has 332 valence electrons. The van der Waals surface area contributed by atoms with Crippen LogP contribution in [0.3, 0.4) is 0 Å². The number of rotatable bonds is 28. The third kappa shape index (κ3) is 21.9. The van der Waals surface area contributed by atoms with E-state index in [9.17, 15) is 36.2 Å². The Morgan fingerprint density at radius 3 is 1.34 bits per heavy atom. The van der Waals surface area contributed by atoms with E-state index in [0.717, 1.165) is 32.1 Å². The van der Waals surface area contributed by atoms with E-state index >= 15 is 0 Å². The Morgan fingerprint density at radius 1 is 0.508 bits per heavy atom. The molecule has 0 saturated carbocycles. The third-order valence-electron chi connectivity index (χ3n) is 10.4. The van der Waals surface area contributed by atoms with E-state index in [2.05, 4.69) is 13.8 Å². The molecule has 0 atom stereocenters. The van der Waals surface area contributed by atoms with E-state index in [0.29, 0.717) is 41.2 Å². The van der Waals surface area contributed by atoms with Crippen LogP contribution in [0.15, 0.2) is 94.7 Å². The molecule has 0 saturated heterocycles. The quantitative estimate of drug-likeness (QED) is 0.0317. The first-order valence-electron chi connectivity index (χ1n) is 21.9. The molecule has 0 spiro atoms. The minimum Gasteiger partial charge on any atom is -0.872 e. The normalized spacial score (nSPS) is 11.3. The van der Waals surface area contributed by atoms with Crippen molar-refractivity contribution in [2.45, 2.75) is 165 Å². The van der Waals surface area contributed by atoms with Crippen molar-refractivity contribution in [2.75, 3.05) is 0 Å². The summed E-state index contributed by atoms with van der Waals surface area (Å²) in [4.78, 5) is -0.578. The fraction of sp³-hybridized carbons (Fsp3) is 0.500. The third-order valence-corrected chi connectivity index (χ3v) is 12.1. The Hall–Kier alpha value is -2.84. The molecule has 61 heavy (non-hydrogen) atoms. The number of benzene rings is 4. The largest absolute Gasteiger partial charge is 2.00 e.